The number of nitrogens with one attached hydrogen (secondary N) is 1. The number of carbonyl (C=O) groups is 1. The zero-order valence-electron chi connectivity index (χ0n) is 14.8. The molecule has 0 bridgehead atoms. The second-order valence-electron chi connectivity index (χ2n) is 5.70. The van der Waals surface area contributed by atoms with Gasteiger partial charge in [-0.15, -0.1) is 11.3 Å². The number of nitrogens with zero attached hydrogens (tertiary/aromatic N) is 1. The summed E-state index contributed by atoms with van der Waals surface area (Å²) < 4.78 is 10.9. The lowest BCUT2D eigenvalue weighted by Gasteiger charge is -2.09. The number of aromatic nitrogens is 1. The van der Waals surface area contributed by atoms with E-state index >= 15 is 0 Å². The molecule has 3 aromatic rings. The average molecular weight is 403 g/mol. The lowest BCUT2D eigenvalue weighted by Crippen LogP contribution is -2.12. The molecule has 0 spiro atoms. The Morgan fingerprint density at radius 1 is 1.15 bits per heavy atom. The Labute approximate surface area is 166 Å². The third-order valence-electron chi connectivity index (χ3n) is 3.77. The zero-order valence-corrected chi connectivity index (χ0v) is 16.3. The minimum absolute atomic E-state index is 0.0874. The molecule has 0 aliphatic rings. The van der Waals surface area contributed by atoms with Crippen LogP contribution in [0.2, 0.25) is 5.02 Å². The van der Waals surface area contributed by atoms with Crippen molar-refractivity contribution in [3.63, 3.8) is 0 Å². The molecule has 0 atom stereocenters. The quantitative estimate of drug-likeness (QED) is 0.521. The largest absolute Gasteiger partial charge is 0.493 e. The standard InChI is InChI=1S/C20H19ClN2O3S/c1-25-17-5-2-3-6-18(17)26-12-4-7-19(24)23-20-22-16(13-27-20)14-8-10-15(21)11-9-14/h2-3,5-6,8-11,13H,4,7,12H2,1H3,(H,22,23,24). The first-order valence-electron chi connectivity index (χ1n) is 8.43. The van der Waals surface area contributed by atoms with Crippen molar-refractivity contribution in [3.8, 4) is 22.8 Å². The molecule has 1 amide bonds. The molecule has 0 saturated carbocycles. The molecular formula is C20H19ClN2O3S. The number of para-hydroxylation sites is 2. The highest BCUT2D eigenvalue weighted by molar-refractivity contribution is 7.14. The van der Waals surface area contributed by atoms with Crippen LogP contribution in [0, 0.1) is 0 Å². The fourth-order valence-corrected chi connectivity index (χ4v) is 3.28. The molecule has 2 aromatic carbocycles. The minimum Gasteiger partial charge on any atom is -0.493 e. The van der Waals surface area contributed by atoms with E-state index in [2.05, 4.69) is 10.3 Å². The van der Waals surface area contributed by atoms with Crippen LogP contribution in [0.1, 0.15) is 12.8 Å². The van der Waals surface area contributed by atoms with Crippen molar-refractivity contribution in [2.45, 2.75) is 12.8 Å². The van der Waals surface area contributed by atoms with Crippen LogP contribution in [0.25, 0.3) is 11.3 Å². The number of hydrogen-bond acceptors (Lipinski definition) is 5. The fraction of sp³-hybridized carbons (Fsp3) is 0.200. The molecule has 140 valence electrons. The van der Waals surface area contributed by atoms with Crippen LogP contribution in [0.15, 0.2) is 53.9 Å². The van der Waals surface area contributed by atoms with Gasteiger partial charge < -0.3 is 14.8 Å². The Hall–Kier alpha value is -2.57. The zero-order chi connectivity index (χ0) is 19.1. The van der Waals surface area contributed by atoms with Crippen LogP contribution in [0.5, 0.6) is 11.5 Å². The van der Waals surface area contributed by atoms with Gasteiger partial charge in [0.25, 0.3) is 0 Å². The van der Waals surface area contributed by atoms with E-state index in [1.165, 1.54) is 11.3 Å². The summed E-state index contributed by atoms with van der Waals surface area (Å²) in [5.74, 6) is 1.27. The average Bonchev–Trinajstić information content (AvgIpc) is 3.14. The topological polar surface area (TPSA) is 60.5 Å². The third kappa shape index (κ3) is 5.45. The van der Waals surface area contributed by atoms with E-state index in [9.17, 15) is 4.79 Å². The van der Waals surface area contributed by atoms with E-state index in [1.807, 2.05) is 53.9 Å². The van der Waals surface area contributed by atoms with Gasteiger partial charge in [-0.05, 0) is 30.7 Å². The van der Waals surface area contributed by atoms with Crippen molar-refractivity contribution in [1.29, 1.82) is 0 Å². The molecule has 3 rings (SSSR count). The summed E-state index contributed by atoms with van der Waals surface area (Å²) in [4.78, 5) is 16.5. The van der Waals surface area contributed by atoms with E-state index < -0.39 is 0 Å². The van der Waals surface area contributed by atoms with Gasteiger partial charge in [-0.1, -0.05) is 35.9 Å². The molecule has 1 N–H and O–H groups in total. The second-order valence-corrected chi connectivity index (χ2v) is 6.99. The molecule has 27 heavy (non-hydrogen) atoms. The number of methoxy groups -OCH3 is 1. The van der Waals surface area contributed by atoms with Crippen molar-refractivity contribution in [2.75, 3.05) is 19.0 Å². The number of hydrogen-bond donors (Lipinski definition) is 1. The van der Waals surface area contributed by atoms with Crippen LogP contribution in [-0.4, -0.2) is 24.6 Å². The molecule has 0 unspecified atom stereocenters. The fourth-order valence-electron chi connectivity index (χ4n) is 2.42. The highest BCUT2D eigenvalue weighted by atomic mass is 35.5. The van der Waals surface area contributed by atoms with Gasteiger partial charge in [0.1, 0.15) is 0 Å². The van der Waals surface area contributed by atoms with Crippen LogP contribution >= 0.6 is 22.9 Å². The molecule has 0 fully saturated rings. The summed E-state index contributed by atoms with van der Waals surface area (Å²) in [6.45, 7) is 0.432. The summed E-state index contributed by atoms with van der Waals surface area (Å²) in [6.07, 6.45) is 0.949. The van der Waals surface area contributed by atoms with Gasteiger partial charge in [-0.3, -0.25) is 4.79 Å². The summed E-state index contributed by atoms with van der Waals surface area (Å²) in [7, 11) is 1.60. The first-order valence-corrected chi connectivity index (χ1v) is 9.68. The number of carbonyl (C=O) groups excluding carboxylic acids is 1. The van der Waals surface area contributed by atoms with Crippen LogP contribution in [-0.2, 0) is 4.79 Å². The first kappa shape index (κ1) is 19.2. The SMILES string of the molecule is COc1ccccc1OCCCC(=O)Nc1nc(-c2ccc(Cl)cc2)cs1. The lowest BCUT2D eigenvalue weighted by atomic mass is 10.2. The lowest BCUT2D eigenvalue weighted by molar-refractivity contribution is -0.116. The Bertz CT molecular complexity index is 896. The second kappa shape index (κ2) is 9.39. The molecule has 5 nitrogen and oxygen atoms in total. The molecule has 1 aromatic heterocycles. The van der Waals surface area contributed by atoms with Crippen LogP contribution < -0.4 is 14.8 Å². The number of anilines is 1. The Kier molecular flexibility index (Phi) is 6.68. The van der Waals surface area contributed by atoms with E-state index in [0.29, 0.717) is 41.1 Å². The summed E-state index contributed by atoms with van der Waals surface area (Å²) in [6, 6.07) is 14.9. The normalized spacial score (nSPS) is 10.4. The predicted octanol–water partition coefficient (Wildman–Crippen LogP) is 5.27. The van der Waals surface area contributed by atoms with Gasteiger partial charge in [-0.2, -0.15) is 0 Å². The van der Waals surface area contributed by atoms with Crippen molar-refractivity contribution in [1.82, 2.24) is 4.98 Å². The van der Waals surface area contributed by atoms with E-state index in [-0.39, 0.29) is 5.91 Å². The molecule has 0 aliphatic carbocycles. The van der Waals surface area contributed by atoms with Gasteiger partial charge in [0.2, 0.25) is 5.91 Å². The number of benzene rings is 2. The monoisotopic (exact) mass is 402 g/mol. The number of thiazole rings is 1. The molecule has 0 saturated heterocycles. The van der Waals surface area contributed by atoms with Gasteiger partial charge in [-0.25, -0.2) is 4.98 Å². The maximum atomic E-state index is 12.1. The molecule has 0 radical (unpaired) electrons. The smallest absolute Gasteiger partial charge is 0.226 e. The molecule has 7 heteroatoms. The molecular weight excluding hydrogens is 384 g/mol. The number of rotatable bonds is 8. The minimum atomic E-state index is -0.0874. The first-order chi connectivity index (χ1) is 13.2. The highest BCUT2D eigenvalue weighted by Gasteiger charge is 2.09. The summed E-state index contributed by atoms with van der Waals surface area (Å²) in [5, 5.41) is 5.99. The number of amides is 1. The van der Waals surface area contributed by atoms with Gasteiger partial charge in [0, 0.05) is 22.4 Å². The van der Waals surface area contributed by atoms with E-state index in [0.717, 1.165) is 11.3 Å². The van der Waals surface area contributed by atoms with Crippen LogP contribution in [0.3, 0.4) is 0 Å². The molecule has 1 heterocycles. The Morgan fingerprint density at radius 3 is 2.63 bits per heavy atom. The van der Waals surface area contributed by atoms with Crippen molar-refractivity contribution in [3.05, 3.63) is 58.9 Å². The Balaban J connectivity index is 1.45. The Morgan fingerprint density at radius 2 is 1.89 bits per heavy atom. The van der Waals surface area contributed by atoms with E-state index in [4.69, 9.17) is 21.1 Å². The number of halogens is 1. The highest BCUT2D eigenvalue weighted by Crippen LogP contribution is 2.27. The maximum Gasteiger partial charge on any atom is 0.226 e. The summed E-state index contributed by atoms with van der Waals surface area (Å²) in [5.41, 5.74) is 1.77. The van der Waals surface area contributed by atoms with Crippen LogP contribution in [0.4, 0.5) is 5.13 Å². The van der Waals surface area contributed by atoms with Gasteiger partial charge >= 0.3 is 0 Å². The van der Waals surface area contributed by atoms with E-state index in [1.54, 1.807) is 7.11 Å². The van der Waals surface area contributed by atoms with Gasteiger partial charge in [0.15, 0.2) is 16.6 Å². The third-order valence-corrected chi connectivity index (χ3v) is 4.78. The van der Waals surface area contributed by atoms with Crippen molar-refractivity contribution < 1.29 is 14.3 Å². The van der Waals surface area contributed by atoms with Gasteiger partial charge in [0.05, 0.1) is 19.4 Å². The summed E-state index contributed by atoms with van der Waals surface area (Å²) >= 11 is 7.29. The maximum absolute atomic E-state index is 12.1. The predicted molar refractivity (Wildman–Crippen MR) is 109 cm³/mol. The van der Waals surface area contributed by atoms with Crippen molar-refractivity contribution in [2.24, 2.45) is 0 Å². The van der Waals surface area contributed by atoms with Crippen molar-refractivity contribution >= 4 is 34.0 Å². The molecule has 0 aliphatic heterocycles. The number of ether oxygens (including phenoxy) is 2.